The Kier molecular flexibility index (Phi) is 3.04. The van der Waals surface area contributed by atoms with Crippen LogP contribution in [0.2, 0.25) is 0 Å². The standard InChI is InChI=1S/C12H15NO2/c1-2-14-8-11(13)10-7-15-12-6-4-3-5-9(10)12/h3-7,11H,2,8,13H2,1H3. The quantitative estimate of drug-likeness (QED) is 0.834. The Morgan fingerprint density at radius 1 is 1.40 bits per heavy atom. The van der Waals surface area contributed by atoms with Crippen molar-refractivity contribution in [2.45, 2.75) is 13.0 Å². The molecule has 1 heterocycles. The zero-order chi connectivity index (χ0) is 10.7. The number of hydrogen-bond acceptors (Lipinski definition) is 3. The van der Waals surface area contributed by atoms with Crippen LogP contribution in [0, 0.1) is 0 Å². The van der Waals surface area contributed by atoms with E-state index in [0.717, 1.165) is 16.5 Å². The number of rotatable bonds is 4. The molecule has 1 unspecified atom stereocenters. The van der Waals surface area contributed by atoms with Crippen molar-refractivity contribution in [3.8, 4) is 0 Å². The molecule has 3 nitrogen and oxygen atoms in total. The van der Waals surface area contributed by atoms with Crippen molar-refractivity contribution >= 4 is 11.0 Å². The second kappa shape index (κ2) is 4.47. The largest absolute Gasteiger partial charge is 0.464 e. The molecule has 2 rings (SSSR count). The maximum atomic E-state index is 6.01. The van der Waals surface area contributed by atoms with Crippen LogP contribution in [0.15, 0.2) is 34.9 Å². The number of nitrogens with two attached hydrogens (primary N) is 1. The SMILES string of the molecule is CCOCC(N)c1coc2ccccc12. The summed E-state index contributed by atoms with van der Waals surface area (Å²) < 4.78 is 10.7. The van der Waals surface area contributed by atoms with Crippen molar-refractivity contribution in [1.82, 2.24) is 0 Å². The van der Waals surface area contributed by atoms with Crippen molar-refractivity contribution in [3.63, 3.8) is 0 Å². The van der Waals surface area contributed by atoms with Gasteiger partial charge in [0.2, 0.25) is 0 Å². The monoisotopic (exact) mass is 205 g/mol. The van der Waals surface area contributed by atoms with E-state index in [1.54, 1.807) is 6.26 Å². The molecule has 0 saturated carbocycles. The van der Waals surface area contributed by atoms with Gasteiger partial charge in [0.25, 0.3) is 0 Å². The summed E-state index contributed by atoms with van der Waals surface area (Å²) in [6.45, 7) is 3.17. The molecule has 15 heavy (non-hydrogen) atoms. The van der Waals surface area contributed by atoms with Crippen LogP contribution < -0.4 is 5.73 Å². The molecule has 0 fully saturated rings. The lowest BCUT2D eigenvalue weighted by molar-refractivity contribution is 0.133. The summed E-state index contributed by atoms with van der Waals surface area (Å²) in [5.41, 5.74) is 7.89. The molecule has 1 aromatic carbocycles. The summed E-state index contributed by atoms with van der Waals surface area (Å²) in [6, 6.07) is 7.76. The third kappa shape index (κ3) is 2.03. The molecule has 0 radical (unpaired) electrons. The van der Waals surface area contributed by atoms with Gasteiger partial charge >= 0.3 is 0 Å². The van der Waals surface area contributed by atoms with E-state index in [1.807, 2.05) is 31.2 Å². The third-order valence-corrected chi connectivity index (χ3v) is 2.41. The summed E-state index contributed by atoms with van der Waals surface area (Å²) in [4.78, 5) is 0. The number of furan rings is 1. The first kappa shape index (κ1) is 10.2. The maximum Gasteiger partial charge on any atom is 0.134 e. The Morgan fingerprint density at radius 2 is 2.20 bits per heavy atom. The predicted octanol–water partition coefficient (Wildman–Crippen LogP) is 2.47. The van der Waals surface area contributed by atoms with Crippen molar-refractivity contribution in [2.75, 3.05) is 13.2 Å². The highest BCUT2D eigenvalue weighted by Crippen LogP contribution is 2.25. The minimum Gasteiger partial charge on any atom is -0.464 e. The first-order valence-corrected chi connectivity index (χ1v) is 5.12. The average molecular weight is 205 g/mol. The maximum absolute atomic E-state index is 6.01. The van der Waals surface area contributed by atoms with Gasteiger partial charge in [0.05, 0.1) is 18.9 Å². The molecule has 0 bridgehead atoms. The van der Waals surface area contributed by atoms with Gasteiger partial charge in [-0.2, -0.15) is 0 Å². The highest BCUT2D eigenvalue weighted by Gasteiger charge is 2.12. The van der Waals surface area contributed by atoms with Gasteiger partial charge in [0, 0.05) is 17.6 Å². The molecule has 0 spiro atoms. The van der Waals surface area contributed by atoms with Crippen LogP contribution >= 0.6 is 0 Å². The van der Waals surface area contributed by atoms with Crippen LogP contribution in [0.5, 0.6) is 0 Å². The molecule has 0 aliphatic carbocycles. The summed E-state index contributed by atoms with van der Waals surface area (Å²) in [5.74, 6) is 0. The zero-order valence-electron chi connectivity index (χ0n) is 8.77. The van der Waals surface area contributed by atoms with E-state index in [-0.39, 0.29) is 6.04 Å². The Balaban J connectivity index is 2.27. The van der Waals surface area contributed by atoms with Crippen molar-refractivity contribution in [2.24, 2.45) is 5.73 Å². The van der Waals surface area contributed by atoms with Crippen LogP contribution in [0.3, 0.4) is 0 Å². The van der Waals surface area contributed by atoms with E-state index in [0.29, 0.717) is 13.2 Å². The van der Waals surface area contributed by atoms with Crippen LogP contribution in [0.4, 0.5) is 0 Å². The summed E-state index contributed by atoms with van der Waals surface area (Å²) >= 11 is 0. The molecule has 0 amide bonds. The molecule has 1 aromatic heterocycles. The van der Waals surface area contributed by atoms with Gasteiger partial charge in [-0.1, -0.05) is 18.2 Å². The van der Waals surface area contributed by atoms with Crippen molar-refractivity contribution in [1.29, 1.82) is 0 Å². The summed E-state index contributed by atoms with van der Waals surface area (Å²) in [5, 5.41) is 1.07. The molecule has 0 saturated heterocycles. The van der Waals surface area contributed by atoms with Gasteiger partial charge in [0.15, 0.2) is 0 Å². The minimum atomic E-state index is -0.117. The highest BCUT2D eigenvalue weighted by atomic mass is 16.5. The number of ether oxygens (including phenoxy) is 1. The lowest BCUT2D eigenvalue weighted by atomic mass is 10.1. The molecule has 0 aliphatic heterocycles. The highest BCUT2D eigenvalue weighted by molar-refractivity contribution is 5.81. The second-order valence-corrected chi connectivity index (χ2v) is 3.45. The fourth-order valence-electron chi connectivity index (χ4n) is 1.62. The van der Waals surface area contributed by atoms with Gasteiger partial charge in [0.1, 0.15) is 5.58 Å². The topological polar surface area (TPSA) is 48.4 Å². The molecular weight excluding hydrogens is 190 g/mol. The first-order valence-electron chi connectivity index (χ1n) is 5.12. The number of benzene rings is 1. The van der Waals surface area contributed by atoms with Crippen LogP contribution in [0.1, 0.15) is 18.5 Å². The Labute approximate surface area is 88.8 Å². The fourth-order valence-corrected chi connectivity index (χ4v) is 1.62. The van der Waals surface area contributed by atoms with Gasteiger partial charge in [-0.15, -0.1) is 0 Å². The molecule has 3 heteroatoms. The number of fused-ring (bicyclic) bond motifs is 1. The van der Waals surface area contributed by atoms with E-state index in [2.05, 4.69) is 0 Å². The molecule has 2 aromatic rings. The van der Waals surface area contributed by atoms with Gasteiger partial charge in [-0.3, -0.25) is 0 Å². The number of hydrogen-bond donors (Lipinski definition) is 1. The van der Waals surface area contributed by atoms with Crippen LogP contribution in [-0.2, 0) is 4.74 Å². The average Bonchev–Trinajstić information content (AvgIpc) is 2.69. The normalized spacial score (nSPS) is 13.2. The number of para-hydroxylation sites is 1. The Hall–Kier alpha value is -1.32. The van der Waals surface area contributed by atoms with E-state index >= 15 is 0 Å². The van der Waals surface area contributed by atoms with E-state index in [1.165, 1.54) is 0 Å². The molecular formula is C12H15NO2. The van der Waals surface area contributed by atoms with E-state index in [9.17, 15) is 0 Å². The molecule has 0 aliphatic rings. The smallest absolute Gasteiger partial charge is 0.134 e. The van der Waals surface area contributed by atoms with Crippen LogP contribution in [0.25, 0.3) is 11.0 Å². The van der Waals surface area contributed by atoms with Crippen LogP contribution in [-0.4, -0.2) is 13.2 Å². The lowest BCUT2D eigenvalue weighted by Gasteiger charge is -2.09. The molecule has 1 atom stereocenters. The second-order valence-electron chi connectivity index (χ2n) is 3.45. The molecule has 80 valence electrons. The fraction of sp³-hybridized carbons (Fsp3) is 0.333. The minimum absolute atomic E-state index is 0.117. The van der Waals surface area contributed by atoms with Gasteiger partial charge < -0.3 is 14.9 Å². The van der Waals surface area contributed by atoms with E-state index < -0.39 is 0 Å². The first-order chi connectivity index (χ1) is 7.33. The van der Waals surface area contributed by atoms with Gasteiger partial charge in [-0.25, -0.2) is 0 Å². The molecule has 2 N–H and O–H groups in total. The van der Waals surface area contributed by atoms with E-state index in [4.69, 9.17) is 14.9 Å². The summed E-state index contributed by atoms with van der Waals surface area (Å²) in [6.07, 6.45) is 1.72. The Morgan fingerprint density at radius 3 is 3.00 bits per heavy atom. The van der Waals surface area contributed by atoms with Crippen molar-refractivity contribution < 1.29 is 9.15 Å². The Bertz CT molecular complexity index is 436. The predicted molar refractivity (Wildman–Crippen MR) is 59.6 cm³/mol. The zero-order valence-corrected chi connectivity index (χ0v) is 8.77. The van der Waals surface area contributed by atoms with Crippen molar-refractivity contribution in [3.05, 3.63) is 36.1 Å². The lowest BCUT2D eigenvalue weighted by Crippen LogP contribution is -2.16. The third-order valence-electron chi connectivity index (χ3n) is 2.41. The van der Waals surface area contributed by atoms with Gasteiger partial charge in [-0.05, 0) is 13.0 Å². The summed E-state index contributed by atoms with van der Waals surface area (Å²) in [7, 11) is 0.